The zero-order valence-corrected chi connectivity index (χ0v) is 14.2. The molecule has 0 radical (unpaired) electrons. The van der Waals surface area contributed by atoms with Crippen molar-refractivity contribution in [2.45, 2.75) is 25.6 Å². The van der Waals surface area contributed by atoms with Gasteiger partial charge in [0.1, 0.15) is 11.5 Å². The van der Waals surface area contributed by atoms with Gasteiger partial charge in [-0.3, -0.25) is 4.74 Å². The second kappa shape index (κ2) is 9.24. The molecule has 0 spiro atoms. The summed E-state index contributed by atoms with van der Waals surface area (Å²) in [5.41, 5.74) is 1.32. The van der Waals surface area contributed by atoms with Gasteiger partial charge in [-0.25, -0.2) is 4.79 Å². The largest absolute Gasteiger partial charge is 0.522 e. The van der Waals surface area contributed by atoms with Gasteiger partial charge in [-0.05, 0) is 61.2 Å². The number of aryl methyl sites for hydroxylation is 1. The zero-order valence-electron chi connectivity index (χ0n) is 14.2. The maximum atomic E-state index is 12.1. The second-order valence-electron chi connectivity index (χ2n) is 5.51. The molecule has 0 heterocycles. The first-order valence-corrected chi connectivity index (χ1v) is 8.03. The smallest absolute Gasteiger partial charge is 0.497 e. The van der Waals surface area contributed by atoms with E-state index in [0.29, 0.717) is 36.3 Å². The van der Waals surface area contributed by atoms with Crippen LogP contribution in [0, 0.1) is 0 Å². The molecule has 2 aromatic rings. The van der Waals surface area contributed by atoms with E-state index in [-0.39, 0.29) is 6.61 Å². The molecule has 0 N–H and O–H groups in total. The molecule has 0 fully saturated rings. The number of ether oxygens (including phenoxy) is 3. The van der Waals surface area contributed by atoms with Crippen molar-refractivity contribution in [2.24, 2.45) is 0 Å². The number of rotatable bonds is 8. The molecule has 0 saturated carbocycles. The number of carbonyl (C=O) groups is 1. The fourth-order valence-corrected chi connectivity index (χ4v) is 2.24. The van der Waals surface area contributed by atoms with Crippen LogP contribution < -0.4 is 9.47 Å². The van der Waals surface area contributed by atoms with Gasteiger partial charge in [0, 0.05) is 0 Å². The van der Waals surface area contributed by atoms with Crippen LogP contribution in [0.25, 0.3) is 0 Å². The molecular weight excluding hydrogens is 349 g/mol. The highest BCUT2D eigenvalue weighted by atomic mass is 19.4. The molecule has 4 nitrogen and oxygen atoms in total. The molecule has 0 aromatic heterocycles. The summed E-state index contributed by atoms with van der Waals surface area (Å²) in [5.74, 6) is 0.583. The predicted molar refractivity (Wildman–Crippen MR) is 89.3 cm³/mol. The number of carbonyl (C=O) groups excluding carboxylic acids is 1. The number of methoxy groups -OCH3 is 1. The topological polar surface area (TPSA) is 44.8 Å². The van der Waals surface area contributed by atoms with Crippen molar-refractivity contribution in [1.29, 1.82) is 0 Å². The Kier molecular flexibility index (Phi) is 7.03. The van der Waals surface area contributed by atoms with Crippen molar-refractivity contribution >= 4 is 5.97 Å². The Labute approximate surface area is 149 Å². The summed E-state index contributed by atoms with van der Waals surface area (Å²) < 4.78 is 49.6. The van der Waals surface area contributed by atoms with Gasteiger partial charge in [0.2, 0.25) is 0 Å². The number of hydrogen-bond donors (Lipinski definition) is 0. The Morgan fingerprint density at radius 2 is 1.54 bits per heavy atom. The van der Waals surface area contributed by atoms with Crippen LogP contribution in [-0.4, -0.2) is 26.0 Å². The fourth-order valence-electron chi connectivity index (χ4n) is 2.24. The van der Waals surface area contributed by atoms with E-state index in [1.165, 1.54) is 0 Å². The van der Waals surface area contributed by atoms with Gasteiger partial charge < -0.3 is 9.47 Å². The molecule has 0 atom stereocenters. The van der Waals surface area contributed by atoms with Gasteiger partial charge >= 0.3 is 12.3 Å². The predicted octanol–water partition coefficient (Wildman–Crippen LogP) is 4.77. The molecule has 26 heavy (non-hydrogen) atoms. The number of halogens is 3. The number of unbranched alkanes of at least 4 members (excludes halogenated alkanes) is 1. The third-order valence-electron chi connectivity index (χ3n) is 3.59. The SMILES string of the molecule is COc1ccc(OC(=O)c2ccc(CCCCOC(F)(F)F)cc2)cc1. The minimum absolute atomic E-state index is 0.306. The molecule has 0 unspecified atom stereocenters. The molecule has 0 bridgehead atoms. The number of esters is 1. The summed E-state index contributed by atoms with van der Waals surface area (Å²) in [4.78, 5) is 12.1. The molecule has 7 heteroatoms. The Hall–Kier alpha value is -2.54. The summed E-state index contributed by atoms with van der Waals surface area (Å²) in [6.07, 6.45) is -3.10. The van der Waals surface area contributed by atoms with E-state index in [1.807, 2.05) is 0 Å². The molecule has 0 saturated heterocycles. The number of benzene rings is 2. The van der Waals surface area contributed by atoms with Crippen molar-refractivity contribution < 1.29 is 32.2 Å². The molecule has 2 aromatic carbocycles. The first kappa shape index (κ1) is 19.8. The van der Waals surface area contributed by atoms with Crippen molar-refractivity contribution in [3.05, 3.63) is 59.7 Å². The van der Waals surface area contributed by atoms with Crippen molar-refractivity contribution in [1.82, 2.24) is 0 Å². The quantitative estimate of drug-likeness (QED) is 0.382. The van der Waals surface area contributed by atoms with E-state index < -0.39 is 12.3 Å². The van der Waals surface area contributed by atoms with Gasteiger partial charge in [0.15, 0.2) is 0 Å². The van der Waals surface area contributed by atoms with E-state index in [0.717, 1.165) is 5.56 Å². The van der Waals surface area contributed by atoms with E-state index in [9.17, 15) is 18.0 Å². The third-order valence-corrected chi connectivity index (χ3v) is 3.59. The average molecular weight is 368 g/mol. The number of hydrogen-bond acceptors (Lipinski definition) is 4. The zero-order chi connectivity index (χ0) is 19.0. The van der Waals surface area contributed by atoms with Crippen LogP contribution in [0.1, 0.15) is 28.8 Å². The van der Waals surface area contributed by atoms with Crippen molar-refractivity contribution in [3.8, 4) is 11.5 Å². The Balaban J connectivity index is 1.79. The van der Waals surface area contributed by atoms with Crippen LogP contribution in [0.2, 0.25) is 0 Å². The van der Waals surface area contributed by atoms with E-state index in [4.69, 9.17) is 9.47 Å². The van der Waals surface area contributed by atoms with Crippen LogP contribution >= 0.6 is 0 Å². The highest BCUT2D eigenvalue weighted by Gasteiger charge is 2.28. The third kappa shape index (κ3) is 6.76. The Bertz CT molecular complexity index is 694. The Morgan fingerprint density at radius 3 is 2.12 bits per heavy atom. The first-order chi connectivity index (χ1) is 12.4. The highest BCUT2D eigenvalue weighted by Crippen LogP contribution is 2.19. The van der Waals surface area contributed by atoms with Gasteiger partial charge in [0.05, 0.1) is 19.3 Å². The average Bonchev–Trinajstić information content (AvgIpc) is 2.61. The van der Waals surface area contributed by atoms with E-state index >= 15 is 0 Å². The molecule has 0 aliphatic rings. The van der Waals surface area contributed by atoms with Crippen LogP contribution in [0.15, 0.2) is 48.5 Å². The molecule has 0 aliphatic carbocycles. The van der Waals surface area contributed by atoms with Gasteiger partial charge in [0.25, 0.3) is 0 Å². The molecule has 2 rings (SSSR count). The van der Waals surface area contributed by atoms with Crippen LogP contribution in [0.4, 0.5) is 13.2 Å². The van der Waals surface area contributed by atoms with Crippen molar-refractivity contribution in [2.75, 3.05) is 13.7 Å². The van der Waals surface area contributed by atoms with E-state index in [2.05, 4.69) is 4.74 Å². The van der Waals surface area contributed by atoms with Crippen LogP contribution in [-0.2, 0) is 11.2 Å². The summed E-state index contributed by atoms with van der Waals surface area (Å²) in [6, 6.07) is 13.4. The normalized spacial score (nSPS) is 11.2. The van der Waals surface area contributed by atoms with Gasteiger partial charge in [-0.15, -0.1) is 13.2 Å². The summed E-state index contributed by atoms with van der Waals surface area (Å²) >= 11 is 0. The van der Waals surface area contributed by atoms with Gasteiger partial charge in [-0.2, -0.15) is 0 Å². The summed E-state index contributed by atoms with van der Waals surface area (Å²) in [7, 11) is 1.55. The highest BCUT2D eigenvalue weighted by molar-refractivity contribution is 5.91. The number of alkyl halides is 3. The lowest BCUT2D eigenvalue weighted by Gasteiger charge is -2.08. The minimum atomic E-state index is -4.58. The molecular formula is C19H19F3O4. The van der Waals surface area contributed by atoms with Gasteiger partial charge in [-0.1, -0.05) is 12.1 Å². The minimum Gasteiger partial charge on any atom is -0.497 e. The monoisotopic (exact) mass is 368 g/mol. The maximum absolute atomic E-state index is 12.1. The summed E-state index contributed by atoms with van der Waals surface area (Å²) in [5, 5.41) is 0. The fraction of sp³-hybridized carbons (Fsp3) is 0.316. The molecule has 0 amide bonds. The van der Waals surface area contributed by atoms with Crippen LogP contribution in [0.3, 0.4) is 0 Å². The maximum Gasteiger partial charge on any atom is 0.522 e. The Morgan fingerprint density at radius 1 is 0.923 bits per heavy atom. The summed E-state index contributed by atoms with van der Waals surface area (Å²) in [6.45, 7) is -0.351. The molecule has 0 aliphatic heterocycles. The lowest BCUT2D eigenvalue weighted by atomic mass is 10.1. The molecule has 140 valence electrons. The lowest BCUT2D eigenvalue weighted by Crippen LogP contribution is -2.14. The van der Waals surface area contributed by atoms with Crippen LogP contribution in [0.5, 0.6) is 11.5 Å². The lowest BCUT2D eigenvalue weighted by molar-refractivity contribution is -0.324. The first-order valence-electron chi connectivity index (χ1n) is 8.03. The van der Waals surface area contributed by atoms with Crippen molar-refractivity contribution in [3.63, 3.8) is 0 Å². The second-order valence-corrected chi connectivity index (χ2v) is 5.51. The van der Waals surface area contributed by atoms with E-state index in [1.54, 1.807) is 55.6 Å². The standard InChI is InChI=1S/C19H19F3O4/c1-24-16-9-11-17(12-10-16)26-18(23)15-7-5-14(6-8-15)4-2-3-13-25-19(20,21)22/h5-12H,2-4,13H2,1H3.